The Hall–Kier alpha value is -3.93. The van der Waals surface area contributed by atoms with Crippen LogP contribution < -0.4 is 0 Å². The number of rotatable bonds is 46. The van der Waals surface area contributed by atoms with Gasteiger partial charge in [0.2, 0.25) is 0 Å². The largest absolute Gasteiger partial charge is 0.462 e. The normalized spacial score (nSPS) is 13.0. The van der Waals surface area contributed by atoms with Gasteiger partial charge in [-0.2, -0.15) is 0 Å². The number of carbonyl (C=O) groups excluding carboxylic acids is 3. The van der Waals surface area contributed by atoms with Crippen LogP contribution in [-0.4, -0.2) is 37.2 Å². The molecule has 6 nitrogen and oxygen atoms in total. The molecule has 0 N–H and O–H groups in total. The lowest BCUT2D eigenvalue weighted by atomic mass is 10.1. The van der Waals surface area contributed by atoms with E-state index in [0.29, 0.717) is 19.3 Å². The van der Waals surface area contributed by atoms with Gasteiger partial charge in [0, 0.05) is 19.3 Å². The summed E-state index contributed by atoms with van der Waals surface area (Å²) < 4.78 is 16.7. The smallest absolute Gasteiger partial charge is 0.306 e. The quantitative estimate of drug-likeness (QED) is 0.0262. The summed E-state index contributed by atoms with van der Waals surface area (Å²) in [4.78, 5) is 37.9. The van der Waals surface area contributed by atoms with Crippen LogP contribution >= 0.6 is 0 Å². The van der Waals surface area contributed by atoms with Gasteiger partial charge in [-0.3, -0.25) is 14.4 Å². The molecular weight excluding hydrogens is 805 g/mol. The predicted octanol–water partition coefficient (Wildman–Crippen LogP) is 17.5. The highest BCUT2D eigenvalue weighted by Gasteiger charge is 2.19. The summed E-state index contributed by atoms with van der Waals surface area (Å²) in [6.07, 6.45) is 70.9. The Kier molecular flexibility index (Phi) is 49.5. The van der Waals surface area contributed by atoms with E-state index in [-0.39, 0.29) is 37.5 Å². The zero-order valence-corrected chi connectivity index (χ0v) is 42.0. The Morgan fingerprint density at radius 2 is 0.662 bits per heavy atom. The van der Waals surface area contributed by atoms with Crippen molar-refractivity contribution in [3.8, 4) is 0 Å². The third-order valence-corrected chi connectivity index (χ3v) is 10.7. The van der Waals surface area contributed by atoms with Crippen LogP contribution in [0.1, 0.15) is 226 Å². The third kappa shape index (κ3) is 50.9. The van der Waals surface area contributed by atoms with E-state index in [1.807, 2.05) is 12.2 Å². The molecule has 0 aromatic heterocycles. The molecule has 0 spiro atoms. The van der Waals surface area contributed by atoms with Crippen molar-refractivity contribution in [2.75, 3.05) is 13.2 Å². The van der Waals surface area contributed by atoms with Crippen molar-refractivity contribution in [3.63, 3.8) is 0 Å². The highest BCUT2D eigenvalue weighted by molar-refractivity contribution is 5.71. The van der Waals surface area contributed by atoms with Crippen LogP contribution in [0.3, 0.4) is 0 Å². The number of hydrogen-bond acceptors (Lipinski definition) is 6. The first-order chi connectivity index (χ1) is 32.0. The van der Waals surface area contributed by atoms with Crippen molar-refractivity contribution in [2.24, 2.45) is 0 Å². The van der Waals surface area contributed by atoms with E-state index in [9.17, 15) is 14.4 Å². The number of carbonyl (C=O) groups is 3. The highest BCUT2D eigenvalue weighted by Crippen LogP contribution is 2.13. The summed E-state index contributed by atoms with van der Waals surface area (Å²) in [6.45, 7) is 6.35. The maximum absolute atomic E-state index is 12.8. The lowest BCUT2D eigenvalue weighted by Gasteiger charge is -2.18. The Bertz CT molecular complexity index is 1360. The van der Waals surface area contributed by atoms with E-state index in [2.05, 4.69) is 118 Å². The zero-order chi connectivity index (χ0) is 47.2. The first kappa shape index (κ1) is 61.1. The predicted molar refractivity (Wildman–Crippen MR) is 279 cm³/mol. The van der Waals surface area contributed by atoms with Gasteiger partial charge in [0.25, 0.3) is 0 Å². The molecular formula is C59H96O6. The molecule has 65 heavy (non-hydrogen) atoms. The van der Waals surface area contributed by atoms with E-state index in [1.165, 1.54) is 70.6 Å². The molecule has 368 valence electrons. The van der Waals surface area contributed by atoms with Crippen LogP contribution in [-0.2, 0) is 28.6 Å². The van der Waals surface area contributed by atoms with Crippen LogP contribution in [0.5, 0.6) is 0 Å². The van der Waals surface area contributed by atoms with Crippen LogP contribution in [0.25, 0.3) is 0 Å². The molecule has 0 fully saturated rings. The van der Waals surface area contributed by atoms with E-state index in [4.69, 9.17) is 14.2 Å². The average molecular weight is 901 g/mol. The first-order valence-electron chi connectivity index (χ1n) is 26.4. The summed E-state index contributed by atoms with van der Waals surface area (Å²) in [5.41, 5.74) is 0. The minimum atomic E-state index is -0.817. The first-order valence-corrected chi connectivity index (χ1v) is 26.4. The molecule has 1 unspecified atom stereocenters. The third-order valence-electron chi connectivity index (χ3n) is 10.7. The number of ether oxygens (including phenoxy) is 3. The van der Waals surface area contributed by atoms with E-state index < -0.39 is 6.10 Å². The van der Waals surface area contributed by atoms with Gasteiger partial charge in [0.05, 0.1) is 0 Å². The second-order valence-electron chi connectivity index (χ2n) is 17.0. The van der Waals surface area contributed by atoms with Crippen LogP contribution in [0.4, 0.5) is 0 Å². The highest BCUT2D eigenvalue weighted by atomic mass is 16.6. The SMILES string of the molecule is CC/C=C\C/C=C\C/C=C\C/C=C\C/C=C\C/C=C\CCC(=O)OCC(COC(=O)CCCCCCC/C=C\CCC)OC(=O)CCCCCCCCC/C=C\C/C=C\CCCCCC. The summed E-state index contributed by atoms with van der Waals surface area (Å²) in [6, 6.07) is 0. The van der Waals surface area contributed by atoms with Gasteiger partial charge in [-0.25, -0.2) is 0 Å². The Morgan fingerprint density at radius 3 is 1.11 bits per heavy atom. The molecule has 0 saturated heterocycles. The van der Waals surface area contributed by atoms with E-state index >= 15 is 0 Å². The molecule has 0 saturated carbocycles. The van der Waals surface area contributed by atoms with Crippen LogP contribution in [0.2, 0.25) is 0 Å². The molecule has 0 rings (SSSR count). The Morgan fingerprint density at radius 1 is 0.323 bits per heavy atom. The lowest BCUT2D eigenvalue weighted by molar-refractivity contribution is -0.166. The van der Waals surface area contributed by atoms with Gasteiger partial charge >= 0.3 is 17.9 Å². The number of hydrogen-bond donors (Lipinski definition) is 0. The second kappa shape index (κ2) is 52.7. The molecule has 0 bridgehead atoms. The summed E-state index contributed by atoms with van der Waals surface area (Å²) in [5, 5.41) is 0. The molecule has 0 aliphatic carbocycles. The maximum atomic E-state index is 12.8. The Labute approximate surface area is 400 Å². The summed E-state index contributed by atoms with van der Waals surface area (Å²) in [7, 11) is 0. The summed E-state index contributed by atoms with van der Waals surface area (Å²) >= 11 is 0. The van der Waals surface area contributed by atoms with Gasteiger partial charge in [0.1, 0.15) is 13.2 Å². The average Bonchev–Trinajstić information content (AvgIpc) is 3.30. The number of allylic oxidation sites excluding steroid dienone is 18. The molecule has 0 radical (unpaired) electrons. The van der Waals surface area contributed by atoms with Crippen molar-refractivity contribution in [1.82, 2.24) is 0 Å². The van der Waals surface area contributed by atoms with Gasteiger partial charge in [-0.05, 0) is 109 Å². The van der Waals surface area contributed by atoms with E-state index in [0.717, 1.165) is 109 Å². The molecule has 0 aromatic rings. The van der Waals surface area contributed by atoms with Gasteiger partial charge in [-0.1, -0.05) is 207 Å². The fourth-order valence-corrected chi connectivity index (χ4v) is 6.79. The second-order valence-corrected chi connectivity index (χ2v) is 17.0. The molecule has 0 heterocycles. The fraction of sp³-hybridized carbons (Fsp3) is 0.644. The van der Waals surface area contributed by atoms with Crippen molar-refractivity contribution in [1.29, 1.82) is 0 Å². The molecule has 1 atom stereocenters. The monoisotopic (exact) mass is 901 g/mol. The standard InChI is InChI=1S/C59H96O6/c1-4-7-10-13-16-19-22-24-26-28-30-32-33-35-37-40-43-46-49-52-58(61)64-55-56(54-63-57(60)51-48-45-42-39-21-18-15-12-9-6-3)65-59(62)53-50-47-44-41-38-36-34-31-29-27-25-23-20-17-14-11-8-5-2/h7,10,12,15-16,19-20,23-24,26-27,29-30,32,35,37,43,46,56H,4-6,8-9,11,13-14,17-18,21-22,25,28,31,33-34,36,38-42,44-45,47-55H2,1-3H3/b10-7-,15-12-,19-16-,23-20-,26-24-,29-27-,32-30-,37-35-,46-43-. The van der Waals surface area contributed by atoms with E-state index in [1.54, 1.807) is 0 Å². The van der Waals surface area contributed by atoms with Crippen molar-refractivity contribution >= 4 is 17.9 Å². The molecule has 0 aromatic carbocycles. The fourth-order valence-electron chi connectivity index (χ4n) is 6.79. The molecule has 0 aliphatic rings. The van der Waals surface area contributed by atoms with Gasteiger partial charge < -0.3 is 14.2 Å². The Balaban J connectivity index is 4.49. The summed E-state index contributed by atoms with van der Waals surface area (Å²) in [5.74, 6) is -1.02. The zero-order valence-electron chi connectivity index (χ0n) is 42.0. The maximum Gasteiger partial charge on any atom is 0.306 e. The molecule has 0 aliphatic heterocycles. The molecule has 0 amide bonds. The van der Waals surface area contributed by atoms with Crippen molar-refractivity contribution in [2.45, 2.75) is 232 Å². The van der Waals surface area contributed by atoms with Gasteiger partial charge in [-0.15, -0.1) is 0 Å². The van der Waals surface area contributed by atoms with Crippen LogP contribution in [0.15, 0.2) is 109 Å². The molecule has 6 heteroatoms. The van der Waals surface area contributed by atoms with Gasteiger partial charge in [0.15, 0.2) is 6.10 Å². The topological polar surface area (TPSA) is 78.9 Å². The van der Waals surface area contributed by atoms with Crippen LogP contribution in [0, 0.1) is 0 Å². The number of esters is 3. The number of unbranched alkanes of at least 4 members (excludes halogenated alkanes) is 17. The lowest BCUT2D eigenvalue weighted by Crippen LogP contribution is -2.30. The minimum Gasteiger partial charge on any atom is -0.462 e. The minimum absolute atomic E-state index is 0.111. The van der Waals surface area contributed by atoms with Crippen molar-refractivity contribution in [3.05, 3.63) is 109 Å². The van der Waals surface area contributed by atoms with Crippen molar-refractivity contribution < 1.29 is 28.6 Å².